The Hall–Kier alpha value is 0.480. The average Bonchev–Trinajstić information content (AvgIpc) is 2.17. The van der Waals surface area contributed by atoms with E-state index in [2.05, 4.69) is 43.6 Å². The van der Waals surface area contributed by atoms with Gasteiger partial charge in [-0.25, -0.2) is 0 Å². The molecule has 0 heterocycles. The number of hydrogen-bond acceptors (Lipinski definition) is 0. The lowest BCUT2D eigenvalue weighted by molar-refractivity contribution is 0.398. The third-order valence-electron chi connectivity index (χ3n) is 3.47. The van der Waals surface area contributed by atoms with Gasteiger partial charge in [-0.1, -0.05) is 82.1 Å². The van der Waals surface area contributed by atoms with Gasteiger partial charge in [-0.05, 0) is 24.2 Å². The van der Waals surface area contributed by atoms with Crippen molar-refractivity contribution in [1.82, 2.24) is 0 Å². The molecule has 0 radical (unpaired) electrons. The van der Waals surface area contributed by atoms with Crippen molar-refractivity contribution in [3.8, 4) is 0 Å². The summed E-state index contributed by atoms with van der Waals surface area (Å²) in [5.74, 6) is 2.73. The highest BCUT2D eigenvalue weighted by molar-refractivity contribution is 9.09. The van der Waals surface area contributed by atoms with E-state index in [0.29, 0.717) is 0 Å². The monoisotopic (exact) mass is 290 g/mol. The summed E-state index contributed by atoms with van der Waals surface area (Å²) >= 11 is 3.52. The molecule has 0 unspecified atom stereocenters. The molecule has 0 rings (SSSR count). The van der Waals surface area contributed by atoms with Gasteiger partial charge in [-0.3, -0.25) is 0 Å². The minimum absolute atomic E-state index is 0.881. The standard InChI is InChI=1S/C15H31Br/c1-13(2)7-5-8-14(3)9-6-10-15(4)11-12-16/h13-15H,5-12H2,1-4H3/t14-,15-/m1/s1. The molecule has 0 amide bonds. The normalized spacial score (nSPS) is 15.4. The molecule has 1 heteroatoms. The summed E-state index contributed by atoms with van der Waals surface area (Å²) < 4.78 is 0. The molecule has 2 atom stereocenters. The fourth-order valence-corrected chi connectivity index (χ4v) is 2.95. The van der Waals surface area contributed by atoms with Gasteiger partial charge in [0.15, 0.2) is 0 Å². The van der Waals surface area contributed by atoms with Gasteiger partial charge in [-0.15, -0.1) is 0 Å². The minimum Gasteiger partial charge on any atom is -0.0928 e. The highest BCUT2D eigenvalue weighted by Gasteiger charge is 2.05. The molecule has 0 saturated carbocycles. The Bertz CT molecular complexity index is 142. The van der Waals surface area contributed by atoms with E-state index >= 15 is 0 Å². The maximum absolute atomic E-state index is 3.52. The van der Waals surface area contributed by atoms with Gasteiger partial charge in [0.2, 0.25) is 0 Å². The van der Waals surface area contributed by atoms with Crippen LogP contribution in [0.2, 0.25) is 0 Å². The summed E-state index contributed by atoms with van der Waals surface area (Å²) in [5.41, 5.74) is 0. The molecule has 0 aliphatic rings. The highest BCUT2D eigenvalue weighted by atomic mass is 79.9. The molecular weight excluding hydrogens is 260 g/mol. The number of rotatable bonds is 10. The molecule has 0 nitrogen and oxygen atoms in total. The SMILES string of the molecule is CC(C)CCC[C@@H](C)CCC[C@@H](C)CCBr. The van der Waals surface area contributed by atoms with Crippen molar-refractivity contribution in [3.63, 3.8) is 0 Å². The molecule has 0 aromatic rings. The molecule has 0 fully saturated rings. The quantitative estimate of drug-likeness (QED) is 0.430. The fourth-order valence-electron chi connectivity index (χ4n) is 2.16. The van der Waals surface area contributed by atoms with Crippen molar-refractivity contribution >= 4 is 15.9 Å². The molecule has 0 N–H and O–H groups in total. The van der Waals surface area contributed by atoms with Crippen LogP contribution in [0, 0.1) is 17.8 Å². The van der Waals surface area contributed by atoms with Crippen LogP contribution in [0.5, 0.6) is 0 Å². The highest BCUT2D eigenvalue weighted by Crippen LogP contribution is 2.20. The van der Waals surface area contributed by atoms with Crippen molar-refractivity contribution in [2.45, 2.75) is 72.6 Å². The van der Waals surface area contributed by atoms with E-state index in [-0.39, 0.29) is 0 Å². The van der Waals surface area contributed by atoms with Crippen molar-refractivity contribution in [2.24, 2.45) is 17.8 Å². The maximum Gasteiger partial charge on any atom is 0.00338 e. The van der Waals surface area contributed by atoms with Crippen molar-refractivity contribution < 1.29 is 0 Å². The third-order valence-corrected chi connectivity index (χ3v) is 3.93. The third kappa shape index (κ3) is 11.0. The van der Waals surface area contributed by atoms with Gasteiger partial charge >= 0.3 is 0 Å². The first kappa shape index (κ1) is 16.5. The van der Waals surface area contributed by atoms with Crippen molar-refractivity contribution in [3.05, 3.63) is 0 Å². The van der Waals surface area contributed by atoms with Gasteiger partial charge in [0.05, 0.1) is 0 Å². The predicted molar refractivity (Wildman–Crippen MR) is 79.3 cm³/mol. The van der Waals surface area contributed by atoms with Crippen LogP contribution >= 0.6 is 15.9 Å². The zero-order valence-electron chi connectivity index (χ0n) is 11.8. The Morgan fingerprint density at radius 1 is 0.688 bits per heavy atom. The average molecular weight is 291 g/mol. The minimum atomic E-state index is 0.881. The lowest BCUT2D eigenvalue weighted by Crippen LogP contribution is -2.00. The van der Waals surface area contributed by atoms with E-state index in [4.69, 9.17) is 0 Å². The Kier molecular flexibility index (Phi) is 10.9. The van der Waals surface area contributed by atoms with E-state index in [9.17, 15) is 0 Å². The summed E-state index contributed by atoms with van der Waals surface area (Å²) in [6.45, 7) is 9.46. The number of alkyl halides is 1. The summed E-state index contributed by atoms with van der Waals surface area (Å²) in [6, 6.07) is 0. The van der Waals surface area contributed by atoms with Crippen LogP contribution in [0.1, 0.15) is 72.6 Å². The van der Waals surface area contributed by atoms with Gasteiger partial charge in [0.25, 0.3) is 0 Å². The summed E-state index contributed by atoms with van der Waals surface area (Å²) in [6.07, 6.45) is 9.88. The first-order valence-corrected chi connectivity index (χ1v) is 8.24. The molecule has 0 bridgehead atoms. The smallest absolute Gasteiger partial charge is 0.00338 e. The van der Waals surface area contributed by atoms with Gasteiger partial charge < -0.3 is 0 Å². The lowest BCUT2D eigenvalue weighted by Gasteiger charge is -2.14. The van der Waals surface area contributed by atoms with Crippen LogP contribution in [-0.2, 0) is 0 Å². The van der Waals surface area contributed by atoms with Crippen LogP contribution in [0.25, 0.3) is 0 Å². The molecule has 0 saturated heterocycles. The van der Waals surface area contributed by atoms with Crippen LogP contribution in [-0.4, -0.2) is 5.33 Å². The largest absolute Gasteiger partial charge is 0.0928 e. The summed E-state index contributed by atoms with van der Waals surface area (Å²) in [7, 11) is 0. The predicted octanol–water partition coefficient (Wildman–Crippen LogP) is 6.04. The zero-order chi connectivity index (χ0) is 12.4. The molecule has 0 aromatic heterocycles. The first-order valence-electron chi connectivity index (χ1n) is 7.12. The Morgan fingerprint density at radius 2 is 1.12 bits per heavy atom. The van der Waals surface area contributed by atoms with Crippen LogP contribution in [0.3, 0.4) is 0 Å². The first-order chi connectivity index (χ1) is 7.56. The zero-order valence-corrected chi connectivity index (χ0v) is 13.4. The molecule has 98 valence electrons. The van der Waals surface area contributed by atoms with Gasteiger partial charge in [0, 0.05) is 5.33 Å². The van der Waals surface area contributed by atoms with E-state index in [0.717, 1.165) is 23.1 Å². The van der Waals surface area contributed by atoms with Crippen LogP contribution in [0.15, 0.2) is 0 Å². The second kappa shape index (κ2) is 10.6. The second-order valence-corrected chi connectivity index (χ2v) is 6.74. The fraction of sp³-hybridized carbons (Fsp3) is 1.00. The Balaban J connectivity index is 3.32. The topological polar surface area (TPSA) is 0 Å². The molecule has 0 spiro atoms. The van der Waals surface area contributed by atoms with E-state index < -0.39 is 0 Å². The molecule has 0 aromatic carbocycles. The molecular formula is C15H31Br. The van der Waals surface area contributed by atoms with E-state index in [1.165, 1.54) is 44.9 Å². The van der Waals surface area contributed by atoms with Crippen molar-refractivity contribution in [2.75, 3.05) is 5.33 Å². The summed E-state index contributed by atoms with van der Waals surface area (Å²) in [4.78, 5) is 0. The van der Waals surface area contributed by atoms with Crippen molar-refractivity contribution in [1.29, 1.82) is 0 Å². The Morgan fingerprint density at radius 3 is 1.56 bits per heavy atom. The van der Waals surface area contributed by atoms with Gasteiger partial charge in [0.1, 0.15) is 0 Å². The second-order valence-electron chi connectivity index (χ2n) is 5.94. The molecule has 0 aliphatic heterocycles. The maximum atomic E-state index is 3.52. The molecule has 0 aliphatic carbocycles. The van der Waals surface area contributed by atoms with E-state index in [1.807, 2.05) is 0 Å². The number of halogens is 1. The molecule has 16 heavy (non-hydrogen) atoms. The number of hydrogen-bond donors (Lipinski definition) is 0. The van der Waals surface area contributed by atoms with E-state index in [1.54, 1.807) is 0 Å². The van der Waals surface area contributed by atoms with Crippen LogP contribution < -0.4 is 0 Å². The summed E-state index contributed by atoms with van der Waals surface area (Å²) in [5, 5.41) is 1.16. The Labute approximate surface area is 112 Å². The van der Waals surface area contributed by atoms with Gasteiger partial charge in [-0.2, -0.15) is 0 Å². The van der Waals surface area contributed by atoms with Crippen LogP contribution in [0.4, 0.5) is 0 Å². The lowest BCUT2D eigenvalue weighted by atomic mass is 9.93.